The molecule has 0 radical (unpaired) electrons. The Morgan fingerprint density at radius 2 is 1.41 bits per heavy atom. The summed E-state index contributed by atoms with van der Waals surface area (Å²) in [5, 5.41) is 12.1. The van der Waals surface area contributed by atoms with E-state index in [4.69, 9.17) is 32.5 Å². The fourth-order valence-electron chi connectivity index (χ4n) is 9.60. The molecule has 1 N–H and O–H groups in total. The Morgan fingerprint density at radius 3 is 2.00 bits per heavy atom. The number of methoxy groups -OCH3 is 1. The van der Waals surface area contributed by atoms with Crippen molar-refractivity contribution >= 4 is 16.6 Å². The average molecular weight is 805 g/mol. The number of allylic oxidation sites excluding steroid dienone is 1. The Morgan fingerprint density at radius 1 is 0.804 bits per heavy atom. The van der Waals surface area contributed by atoms with Crippen molar-refractivity contribution in [3.8, 4) is 5.75 Å². The fraction of sp³-hybridized carbons (Fsp3) is 0.652. The summed E-state index contributed by atoms with van der Waals surface area (Å²) in [4.78, 5) is 0. The zero-order valence-corrected chi connectivity index (χ0v) is 38.5. The monoisotopic (exact) mass is 804 g/mol. The number of hydrogen-bond acceptors (Lipinski definition) is 8. The van der Waals surface area contributed by atoms with E-state index in [2.05, 4.69) is 101 Å². The molecule has 8 nitrogen and oxygen atoms in total. The SMILES string of the molecule is COc1ccc([C@H]2O[C@H]3CCC(O[Si](C)(C)C(C)(C)C)=C4[C@@H]5O[C@H](c6ccccc6)O[C@]56C[C@H](O[Si](C)(C)C(C)(C)C)C(C)=C(C[C@H](O2)[C@@]43CO)C6(C)C)cc1. The maximum atomic E-state index is 12.2. The number of hydrogen-bond donors (Lipinski definition) is 1. The molecule has 2 aliphatic heterocycles. The summed E-state index contributed by atoms with van der Waals surface area (Å²) < 4.78 is 49.8. The predicted molar refractivity (Wildman–Crippen MR) is 225 cm³/mol. The Balaban J connectivity index is 1.50. The van der Waals surface area contributed by atoms with Gasteiger partial charge in [0.1, 0.15) is 17.5 Å². The molecule has 2 bridgehead atoms. The highest BCUT2D eigenvalue weighted by Gasteiger charge is 2.72. The van der Waals surface area contributed by atoms with Gasteiger partial charge >= 0.3 is 0 Å². The van der Waals surface area contributed by atoms with Gasteiger partial charge in [-0.15, -0.1) is 0 Å². The summed E-state index contributed by atoms with van der Waals surface area (Å²) >= 11 is 0. The van der Waals surface area contributed by atoms with Crippen molar-refractivity contribution < 1.29 is 37.6 Å². The molecular weight excluding hydrogens is 737 g/mol. The first-order valence-corrected chi connectivity index (χ1v) is 26.6. The topological polar surface area (TPSA) is 84.8 Å². The molecule has 3 fully saturated rings. The number of ether oxygens (including phenoxy) is 5. The lowest BCUT2D eigenvalue weighted by Gasteiger charge is -2.62. The maximum absolute atomic E-state index is 12.2. The van der Waals surface area contributed by atoms with Crippen LogP contribution < -0.4 is 4.74 Å². The molecule has 1 saturated carbocycles. The van der Waals surface area contributed by atoms with Crippen molar-refractivity contribution in [2.45, 2.75) is 167 Å². The standard InChI is InChI=1S/C46H68O8Si2/c1-29-33-26-37-45(28-47)36(49-40(50-37)31-20-22-32(48-10)23-21-31)25-24-34(53-55(11,12)42(2,3)4)38(45)39-46(44(33,8)9,27-35(29)54-56(13,14)43(5,6)7)52-41(51-39)30-18-16-15-17-19-30/h15-23,35-37,39-41,47H,24-28H2,1-14H3/t35-,36-,37-,39-,40-,41-,45-,46+/m0/s1. The van der Waals surface area contributed by atoms with E-state index in [-0.39, 0.29) is 28.9 Å². The van der Waals surface area contributed by atoms with Crippen LogP contribution in [0.5, 0.6) is 5.75 Å². The van der Waals surface area contributed by atoms with E-state index in [1.807, 2.05) is 42.5 Å². The first-order chi connectivity index (χ1) is 26.0. The van der Waals surface area contributed by atoms with Gasteiger partial charge in [-0.05, 0) is 73.7 Å². The molecule has 7 rings (SSSR count). The zero-order valence-electron chi connectivity index (χ0n) is 36.5. The minimum atomic E-state index is -2.38. The summed E-state index contributed by atoms with van der Waals surface area (Å²) in [6, 6.07) is 18.2. The lowest BCUT2D eigenvalue weighted by Crippen LogP contribution is -2.68. The Kier molecular flexibility index (Phi) is 10.6. The normalized spacial score (nSPS) is 33.3. The van der Waals surface area contributed by atoms with Gasteiger partial charge in [0, 0.05) is 35.0 Å². The Bertz CT molecular complexity index is 1840. The van der Waals surface area contributed by atoms with Crippen LogP contribution in [-0.4, -0.2) is 65.5 Å². The van der Waals surface area contributed by atoms with Crippen LogP contribution >= 0.6 is 0 Å². The van der Waals surface area contributed by atoms with Crippen molar-refractivity contribution in [3.05, 3.63) is 88.2 Å². The number of fused-ring (bicyclic) bond motifs is 2. The number of benzene rings is 2. The third-order valence-electron chi connectivity index (χ3n) is 15.2. The van der Waals surface area contributed by atoms with Crippen LogP contribution in [-0.2, 0) is 27.8 Å². The smallest absolute Gasteiger partial charge is 0.250 e. The molecular formula is C46H68O8Si2. The molecule has 0 aromatic heterocycles. The van der Waals surface area contributed by atoms with E-state index in [1.165, 1.54) is 11.1 Å². The van der Waals surface area contributed by atoms with Crippen molar-refractivity contribution in [2.75, 3.05) is 13.7 Å². The molecule has 3 aliphatic carbocycles. The van der Waals surface area contributed by atoms with Crippen molar-refractivity contribution in [3.63, 3.8) is 0 Å². The largest absolute Gasteiger partial charge is 0.546 e. The molecule has 2 saturated heterocycles. The van der Waals surface area contributed by atoms with Gasteiger partial charge in [-0.25, -0.2) is 0 Å². The highest BCUT2D eigenvalue weighted by atomic mass is 28.4. The second kappa shape index (κ2) is 14.2. The molecule has 0 unspecified atom stereocenters. The van der Waals surface area contributed by atoms with Crippen LogP contribution in [0.4, 0.5) is 0 Å². The first kappa shape index (κ1) is 41.9. The van der Waals surface area contributed by atoms with Gasteiger partial charge in [0.05, 0.1) is 43.2 Å². The maximum Gasteiger partial charge on any atom is 0.250 e. The van der Waals surface area contributed by atoms with Crippen molar-refractivity contribution in [1.82, 2.24) is 0 Å². The van der Waals surface area contributed by atoms with Crippen LogP contribution in [0.2, 0.25) is 36.3 Å². The lowest BCUT2D eigenvalue weighted by molar-refractivity contribution is -0.312. The number of rotatable bonds is 8. The quantitative estimate of drug-likeness (QED) is 0.209. The average Bonchev–Trinajstić information content (AvgIpc) is 3.51. The summed E-state index contributed by atoms with van der Waals surface area (Å²) in [6.45, 7) is 29.8. The summed E-state index contributed by atoms with van der Waals surface area (Å²) in [5.41, 5.74) is 2.98. The van der Waals surface area contributed by atoms with E-state index in [0.717, 1.165) is 28.2 Å². The number of aliphatic hydroxyl groups excluding tert-OH is 1. The predicted octanol–water partition coefficient (Wildman–Crippen LogP) is 10.9. The zero-order chi connectivity index (χ0) is 40.9. The van der Waals surface area contributed by atoms with Gasteiger partial charge < -0.3 is 37.6 Å². The van der Waals surface area contributed by atoms with Gasteiger partial charge in [-0.3, -0.25) is 0 Å². The third kappa shape index (κ3) is 6.53. The van der Waals surface area contributed by atoms with Crippen LogP contribution in [0.25, 0.3) is 0 Å². The third-order valence-corrected chi connectivity index (χ3v) is 24.1. The van der Waals surface area contributed by atoms with Crippen LogP contribution in [0, 0.1) is 10.8 Å². The first-order valence-electron chi connectivity index (χ1n) is 20.8. The molecule has 56 heavy (non-hydrogen) atoms. The lowest BCUT2D eigenvalue weighted by atomic mass is 9.50. The van der Waals surface area contributed by atoms with Gasteiger partial charge in [0.15, 0.2) is 20.9 Å². The molecule has 0 amide bonds. The highest BCUT2D eigenvalue weighted by Crippen LogP contribution is 2.67. The minimum absolute atomic E-state index is 0.00833. The van der Waals surface area contributed by atoms with E-state index in [0.29, 0.717) is 25.7 Å². The second-order valence-corrected chi connectivity index (χ2v) is 30.1. The van der Waals surface area contributed by atoms with E-state index in [9.17, 15) is 5.11 Å². The second-order valence-electron chi connectivity index (χ2n) is 20.6. The number of aliphatic hydroxyl groups is 1. The molecule has 8 atom stereocenters. The Hall–Kier alpha value is -2.29. The molecule has 1 spiro atoms. The van der Waals surface area contributed by atoms with Gasteiger partial charge in [-0.1, -0.05) is 103 Å². The van der Waals surface area contributed by atoms with E-state index in [1.54, 1.807) is 7.11 Å². The molecule has 2 aromatic rings. The molecule has 5 aliphatic rings. The highest BCUT2D eigenvalue weighted by molar-refractivity contribution is 6.74. The summed E-state index contributed by atoms with van der Waals surface area (Å²) in [5.74, 6) is 1.69. The molecule has 2 heterocycles. The Labute approximate surface area is 338 Å². The minimum Gasteiger partial charge on any atom is -0.546 e. The van der Waals surface area contributed by atoms with Gasteiger partial charge in [-0.2, -0.15) is 0 Å². The molecule has 10 heteroatoms. The van der Waals surface area contributed by atoms with Crippen molar-refractivity contribution in [2.24, 2.45) is 10.8 Å². The molecule has 2 aromatic carbocycles. The summed E-state index contributed by atoms with van der Waals surface area (Å²) in [7, 11) is -2.97. The van der Waals surface area contributed by atoms with Crippen molar-refractivity contribution in [1.29, 1.82) is 0 Å². The van der Waals surface area contributed by atoms with E-state index >= 15 is 0 Å². The molecule has 308 valence electrons. The van der Waals surface area contributed by atoms with Crippen LogP contribution in [0.1, 0.15) is 112 Å². The van der Waals surface area contributed by atoms with Crippen LogP contribution in [0.15, 0.2) is 77.1 Å². The fourth-order valence-corrected chi connectivity index (χ4v) is 12.1. The van der Waals surface area contributed by atoms with Gasteiger partial charge in [0.25, 0.3) is 0 Å². The van der Waals surface area contributed by atoms with E-state index < -0.39 is 57.9 Å². The van der Waals surface area contributed by atoms with Gasteiger partial charge in [0.2, 0.25) is 8.32 Å². The van der Waals surface area contributed by atoms with Crippen LogP contribution in [0.3, 0.4) is 0 Å². The summed E-state index contributed by atoms with van der Waals surface area (Å²) in [6.07, 6.45) is -0.335.